The van der Waals surface area contributed by atoms with E-state index in [9.17, 15) is 5.11 Å². The summed E-state index contributed by atoms with van der Waals surface area (Å²) in [5.41, 5.74) is 0.802. The van der Waals surface area contributed by atoms with Gasteiger partial charge in [-0.25, -0.2) is 0 Å². The van der Waals surface area contributed by atoms with Crippen molar-refractivity contribution in [1.82, 2.24) is 14.7 Å². The van der Waals surface area contributed by atoms with Crippen LogP contribution in [0.2, 0.25) is 0 Å². The Morgan fingerprint density at radius 1 is 1.44 bits per heavy atom. The van der Waals surface area contributed by atoms with E-state index in [-0.39, 0.29) is 5.54 Å². The molecule has 1 atom stereocenters. The summed E-state index contributed by atoms with van der Waals surface area (Å²) in [7, 11) is 6.05. The molecule has 1 aromatic rings. The molecule has 18 heavy (non-hydrogen) atoms. The summed E-state index contributed by atoms with van der Waals surface area (Å²) < 4.78 is 1.76. The van der Waals surface area contributed by atoms with E-state index >= 15 is 0 Å². The second-order valence-corrected chi connectivity index (χ2v) is 6.03. The minimum Gasteiger partial charge on any atom is -0.386 e. The highest BCUT2D eigenvalue weighted by molar-refractivity contribution is 5.16. The van der Waals surface area contributed by atoms with Gasteiger partial charge in [-0.15, -0.1) is 0 Å². The third-order valence-corrected chi connectivity index (χ3v) is 4.58. The lowest BCUT2D eigenvalue weighted by atomic mass is 9.72. The van der Waals surface area contributed by atoms with E-state index in [0.29, 0.717) is 0 Å². The van der Waals surface area contributed by atoms with Crippen molar-refractivity contribution in [3.05, 3.63) is 18.0 Å². The van der Waals surface area contributed by atoms with E-state index in [1.54, 1.807) is 10.9 Å². The van der Waals surface area contributed by atoms with Crippen LogP contribution in [-0.4, -0.2) is 39.4 Å². The highest BCUT2D eigenvalue weighted by Crippen LogP contribution is 2.43. The molecule has 1 aromatic heterocycles. The Morgan fingerprint density at radius 2 is 2.06 bits per heavy atom. The van der Waals surface area contributed by atoms with Crippen LogP contribution >= 0.6 is 0 Å². The van der Waals surface area contributed by atoms with Gasteiger partial charge in [0.1, 0.15) is 6.10 Å². The first-order valence-corrected chi connectivity index (χ1v) is 6.80. The van der Waals surface area contributed by atoms with Crippen molar-refractivity contribution in [3.63, 3.8) is 0 Å². The fourth-order valence-corrected chi connectivity index (χ4v) is 3.12. The van der Waals surface area contributed by atoms with Crippen molar-refractivity contribution in [3.8, 4) is 0 Å². The van der Waals surface area contributed by atoms with Crippen molar-refractivity contribution >= 4 is 0 Å². The topological polar surface area (TPSA) is 41.3 Å². The Labute approximate surface area is 110 Å². The number of rotatable bonds is 3. The van der Waals surface area contributed by atoms with Gasteiger partial charge < -0.3 is 10.0 Å². The molecule has 4 heteroatoms. The maximum absolute atomic E-state index is 10.8. The number of aromatic nitrogens is 2. The van der Waals surface area contributed by atoms with Gasteiger partial charge >= 0.3 is 0 Å². The van der Waals surface area contributed by atoms with Gasteiger partial charge in [-0.2, -0.15) is 5.10 Å². The lowest BCUT2D eigenvalue weighted by Gasteiger charge is -2.47. The summed E-state index contributed by atoms with van der Waals surface area (Å²) >= 11 is 0. The minimum absolute atomic E-state index is 0.129. The van der Waals surface area contributed by atoms with Crippen LogP contribution in [0, 0.1) is 5.92 Å². The first kappa shape index (κ1) is 13.6. The third-order valence-electron chi connectivity index (χ3n) is 4.58. The molecule has 0 aliphatic heterocycles. The molecule has 0 spiro atoms. The molecule has 0 radical (unpaired) electrons. The molecule has 0 saturated heterocycles. The summed E-state index contributed by atoms with van der Waals surface area (Å²) in [4.78, 5) is 2.20. The number of hydrogen-bond acceptors (Lipinski definition) is 3. The molecule has 1 aliphatic rings. The lowest BCUT2D eigenvalue weighted by molar-refractivity contribution is -0.0408. The second-order valence-electron chi connectivity index (χ2n) is 6.03. The van der Waals surface area contributed by atoms with Crippen LogP contribution in [0.15, 0.2) is 12.4 Å². The van der Waals surface area contributed by atoms with Gasteiger partial charge in [-0.05, 0) is 45.7 Å². The predicted octanol–water partition coefficient (Wildman–Crippen LogP) is 1.96. The molecule has 1 fully saturated rings. The van der Waals surface area contributed by atoms with Gasteiger partial charge in [0.15, 0.2) is 0 Å². The van der Waals surface area contributed by atoms with Gasteiger partial charge in [0.05, 0.1) is 11.7 Å². The summed E-state index contributed by atoms with van der Waals surface area (Å²) in [6.07, 6.45) is 7.75. The number of aliphatic hydroxyl groups excluding tert-OH is 1. The highest BCUT2D eigenvalue weighted by atomic mass is 16.3. The minimum atomic E-state index is -0.450. The molecule has 0 amide bonds. The van der Waals surface area contributed by atoms with Crippen molar-refractivity contribution in [1.29, 1.82) is 0 Å². The van der Waals surface area contributed by atoms with Crippen LogP contribution in [0.3, 0.4) is 0 Å². The zero-order valence-corrected chi connectivity index (χ0v) is 11.9. The Bertz CT molecular complexity index is 391. The zero-order chi connectivity index (χ0) is 13.3. The molecule has 1 saturated carbocycles. The molecule has 1 N–H and O–H groups in total. The summed E-state index contributed by atoms with van der Waals surface area (Å²) in [5.74, 6) is 0.777. The largest absolute Gasteiger partial charge is 0.386 e. The molecule has 2 rings (SSSR count). The van der Waals surface area contributed by atoms with Crippen molar-refractivity contribution < 1.29 is 5.11 Å². The Kier molecular flexibility index (Phi) is 3.78. The normalized spacial score (nSPS) is 30.7. The average Bonchev–Trinajstić information content (AvgIpc) is 2.76. The van der Waals surface area contributed by atoms with Crippen molar-refractivity contribution in [2.45, 2.75) is 44.2 Å². The standard InChI is InChI=1S/C14H25N3O/c1-11-5-7-14(8-6-11,16(2)3)13(18)12-9-15-17(4)10-12/h9-11,13,18H,5-8H2,1-4H3. The first-order chi connectivity index (χ1) is 8.45. The van der Waals surface area contributed by atoms with E-state index in [1.807, 2.05) is 13.2 Å². The molecule has 1 unspecified atom stereocenters. The highest BCUT2D eigenvalue weighted by Gasteiger charge is 2.43. The SMILES string of the molecule is CC1CCC(C(O)c2cnn(C)c2)(N(C)C)CC1. The number of likely N-dealkylation sites (N-methyl/N-ethyl adjacent to an activating group) is 1. The van der Waals surface area contributed by atoms with E-state index in [4.69, 9.17) is 0 Å². The number of nitrogens with zero attached hydrogens (tertiary/aromatic N) is 3. The van der Waals surface area contributed by atoms with Crippen LogP contribution in [-0.2, 0) is 7.05 Å². The number of hydrogen-bond donors (Lipinski definition) is 1. The monoisotopic (exact) mass is 251 g/mol. The molecular formula is C14H25N3O. The van der Waals surface area contributed by atoms with E-state index in [1.165, 1.54) is 12.8 Å². The average molecular weight is 251 g/mol. The summed E-state index contributed by atoms with van der Waals surface area (Å²) in [6.45, 7) is 2.30. The molecule has 102 valence electrons. The third kappa shape index (κ3) is 2.31. The van der Waals surface area contributed by atoms with Crippen LogP contribution in [0.4, 0.5) is 0 Å². The molecule has 1 heterocycles. The van der Waals surface area contributed by atoms with Gasteiger partial charge in [-0.3, -0.25) is 4.68 Å². The zero-order valence-electron chi connectivity index (χ0n) is 11.9. The number of aryl methyl sites for hydroxylation is 1. The second kappa shape index (κ2) is 5.02. The summed E-state index contributed by atoms with van der Waals surface area (Å²) in [6, 6.07) is 0. The van der Waals surface area contributed by atoms with E-state index in [2.05, 4.69) is 31.0 Å². The van der Waals surface area contributed by atoms with Crippen LogP contribution in [0.25, 0.3) is 0 Å². The lowest BCUT2D eigenvalue weighted by Crippen LogP contribution is -2.51. The Balaban J connectivity index is 2.25. The molecule has 0 aromatic carbocycles. The first-order valence-electron chi connectivity index (χ1n) is 6.80. The fraction of sp³-hybridized carbons (Fsp3) is 0.786. The smallest absolute Gasteiger partial charge is 0.100 e. The van der Waals surface area contributed by atoms with Gasteiger partial charge in [0.25, 0.3) is 0 Å². The van der Waals surface area contributed by atoms with Gasteiger partial charge in [0, 0.05) is 18.8 Å². The van der Waals surface area contributed by atoms with Crippen molar-refractivity contribution in [2.24, 2.45) is 13.0 Å². The Morgan fingerprint density at radius 3 is 2.50 bits per heavy atom. The maximum atomic E-state index is 10.8. The van der Waals surface area contributed by atoms with E-state index < -0.39 is 6.10 Å². The van der Waals surface area contributed by atoms with Crippen LogP contribution in [0.5, 0.6) is 0 Å². The van der Waals surface area contributed by atoms with E-state index in [0.717, 1.165) is 24.3 Å². The van der Waals surface area contributed by atoms with Crippen molar-refractivity contribution in [2.75, 3.05) is 14.1 Å². The molecule has 0 bridgehead atoms. The summed E-state index contributed by atoms with van der Waals surface area (Å²) in [5, 5.41) is 14.9. The molecular weight excluding hydrogens is 226 g/mol. The quantitative estimate of drug-likeness (QED) is 0.893. The van der Waals surface area contributed by atoms with Crippen LogP contribution < -0.4 is 0 Å². The maximum Gasteiger partial charge on any atom is 0.100 e. The predicted molar refractivity (Wildman–Crippen MR) is 72.2 cm³/mol. The fourth-order valence-electron chi connectivity index (χ4n) is 3.12. The molecule has 1 aliphatic carbocycles. The molecule has 4 nitrogen and oxygen atoms in total. The Hall–Kier alpha value is -0.870. The van der Waals surface area contributed by atoms with Gasteiger partial charge in [0.2, 0.25) is 0 Å². The number of aliphatic hydroxyl groups is 1. The van der Waals surface area contributed by atoms with Gasteiger partial charge in [-0.1, -0.05) is 6.92 Å². The van der Waals surface area contributed by atoms with Crippen LogP contribution in [0.1, 0.15) is 44.3 Å².